The summed E-state index contributed by atoms with van der Waals surface area (Å²) >= 11 is 0. The van der Waals surface area contributed by atoms with Crippen molar-refractivity contribution in [3.05, 3.63) is 35.1 Å². The van der Waals surface area contributed by atoms with Gasteiger partial charge in [0.25, 0.3) is 0 Å². The fraction of sp³-hybridized carbons (Fsp3) is 0.500. The molecule has 1 N–H and O–H groups in total. The van der Waals surface area contributed by atoms with E-state index in [1.54, 1.807) is 6.07 Å². The predicted molar refractivity (Wildman–Crippen MR) is 53.7 cm³/mol. The first kappa shape index (κ1) is 9.66. The van der Waals surface area contributed by atoms with E-state index in [9.17, 15) is 9.50 Å². The second-order valence-corrected chi connectivity index (χ2v) is 4.18. The summed E-state index contributed by atoms with van der Waals surface area (Å²) in [7, 11) is 0. The highest BCUT2D eigenvalue weighted by Crippen LogP contribution is 2.38. The van der Waals surface area contributed by atoms with Crippen LogP contribution in [-0.2, 0) is 12.8 Å². The maximum absolute atomic E-state index is 13.4. The van der Waals surface area contributed by atoms with Crippen LogP contribution in [0.3, 0.4) is 0 Å². The van der Waals surface area contributed by atoms with Gasteiger partial charge in [-0.3, -0.25) is 0 Å². The minimum atomic E-state index is -0.604. The van der Waals surface area contributed by atoms with E-state index < -0.39 is 5.60 Å². The molecule has 0 aliphatic heterocycles. The van der Waals surface area contributed by atoms with Crippen LogP contribution in [-0.4, -0.2) is 10.7 Å². The Hall–Kier alpha value is -0.890. The minimum Gasteiger partial charge on any atom is -0.390 e. The molecule has 1 saturated carbocycles. The average molecular weight is 194 g/mol. The Balaban J connectivity index is 2.22. The Morgan fingerprint density at radius 3 is 2.71 bits per heavy atom. The van der Waals surface area contributed by atoms with Gasteiger partial charge in [-0.05, 0) is 36.5 Å². The maximum atomic E-state index is 13.4. The molecule has 76 valence electrons. The van der Waals surface area contributed by atoms with E-state index in [1.807, 2.05) is 13.0 Å². The molecule has 0 unspecified atom stereocenters. The molecule has 1 aliphatic carbocycles. The Labute approximate surface area is 83.6 Å². The summed E-state index contributed by atoms with van der Waals surface area (Å²) in [6.45, 7) is 2.04. The normalized spacial score (nSPS) is 18.2. The molecule has 0 bridgehead atoms. The zero-order valence-corrected chi connectivity index (χ0v) is 8.39. The van der Waals surface area contributed by atoms with Crippen molar-refractivity contribution in [3.8, 4) is 0 Å². The molecule has 0 aromatic heterocycles. The molecule has 1 aromatic carbocycles. The van der Waals surface area contributed by atoms with Crippen LogP contribution in [0.5, 0.6) is 0 Å². The summed E-state index contributed by atoms with van der Waals surface area (Å²) in [5.41, 5.74) is 1.18. The van der Waals surface area contributed by atoms with E-state index in [-0.39, 0.29) is 5.82 Å². The van der Waals surface area contributed by atoms with Crippen molar-refractivity contribution in [2.24, 2.45) is 0 Å². The third kappa shape index (κ3) is 1.95. The van der Waals surface area contributed by atoms with E-state index in [4.69, 9.17) is 0 Å². The fourth-order valence-corrected chi connectivity index (χ4v) is 1.66. The molecule has 0 heterocycles. The quantitative estimate of drug-likeness (QED) is 0.783. The lowest BCUT2D eigenvalue weighted by Gasteiger charge is -2.09. The van der Waals surface area contributed by atoms with Gasteiger partial charge in [0.2, 0.25) is 0 Å². The lowest BCUT2D eigenvalue weighted by molar-refractivity contribution is 0.149. The van der Waals surface area contributed by atoms with Crippen LogP contribution < -0.4 is 0 Å². The molecule has 1 aliphatic rings. The summed E-state index contributed by atoms with van der Waals surface area (Å²) < 4.78 is 13.4. The monoisotopic (exact) mass is 194 g/mol. The van der Waals surface area contributed by atoms with E-state index in [2.05, 4.69) is 0 Å². The van der Waals surface area contributed by atoms with Crippen LogP contribution in [0.15, 0.2) is 18.2 Å². The van der Waals surface area contributed by atoms with Crippen molar-refractivity contribution >= 4 is 0 Å². The van der Waals surface area contributed by atoms with Crippen molar-refractivity contribution in [2.45, 2.75) is 38.2 Å². The van der Waals surface area contributed by atoms with Gasteiger partial charge >= 0.3 is 0 Å². The van der Waals surface area contributed by atoms with Crippen LogP contribution in [0.4, 0.5) is 4.39 Å². The Morgan fingerprint density at radius 2 is 2.14 bits per heavy atom. The smallest absolute Gasteiger partial charge is 0.126 e. The van der Waals surface area contributed by atoms with Crippen LogP contribution in [0, 0.1) is 5.82 Å². The van der Waals surface area contributed by atoms with Crippen molar-refractivity contribution in [1.82, 2.24) is 0 Å². The molecule has 0 amide bonds. The van der Waals surface area contributed by atoms with Crippen molar-refractivity contribution in [1.29, 1.82) is 0 Å². The van der Waals surface area contributed by atoms with E-state index in [0.717, 1.165) is 24.8 Å². The molecule has 14 heavy (non-hydrogen) atoms. The third-order valence-electron chi connectivity index (χ3n) is 2.87. The Morgan fingerprint density at radius 1 is 1.43 bits per heavy atom. The zero-order valence-electron chi connectivity index (χ0n) is 8.39. The maximum Gasteiger partial charge on any atom is 0.126 e. The third-order valence-corrected chi connectivity index (χ3v) is 2.87. The van der Waals surface area contributed by atoms with Gasteiger partial charge in [-0.25, -0.2) is 4.39 Å². The second-order valence-electron chi connectivity index (χ2n) is 4.18. The molecule has 0 spiro atoms. The first-order valence-electron chi connectivity index (χ1n) is 5.13. The molecule has 0 saturated heterocycles. The van der Waals surface area contributed by atoms with Gasteiger partial charge < -0.3 is 5.11 Å². The number of hydrogen-bond acceptors (Lipinski definition) is 1. The van der Waals surface area contributed by atoms with Gasteiger partial charge in [0.05, 0.1) is 5.60 Å². The Bertz CT molecular complexity index is 342. The second kappa shape index (κ2) is 3.35. The highest BCUT2D eigenvalue weighted by Gasteiger charge is 2.40. The largest absolute Gasteiger partial charge is 0.390 e. The van der Waals surface area contributed by atoms with Crippen LogP contribution in [0.2, 0.25) is 0 Å². The van der Waals surface area contributed by atoms with Crippen molar-refractivity contribution in [3.63, 3.8) is 0 Å². The van der Waals surface area contributed by atoms with E-state index in [0.29, 0.717) is 12.0 Å². The van der Waals surface area contributed by atoms with Crippen LogP contribution in [0.1, 0.15) is 30.9 Å². The SMILES string of the molecule is CCc1ccc(F)c(CC2(O)CC2)c1. The van der Waals surface area contributed by atoms with Gasteiger partial charge in [-0.1, -0.05) is 19.1 Å². The summed E-state index contributed by atoms with van der Waals surface area (Å²) in [6.07, 6.45) is 2.99. The molecule has 1 aromatic rings. The number of halogens is 1. The zero-order chi connectivity index (χ0) is 10.2. The van der Waals surface area contributed by atoms with Crippen LogP contribution in [0.25, 0.3) is 0 Å². The number of aryl methyl sites for hydroxylation is 1. The lowest BCUT2D eigenvalue weighted by atomic mass is 10.0. The summed E-state index contributed by atoms with van der Waals surface area (Å²) in [4.78, 5) is 0. The minimum absolute atomic E-state index is 0.192. The molecule has 1 nitrogen and oxygen atoms in total. The molecular formula is C12H15FO. The molecule has 2 heteroatoms. The van der Waals surface area contributed by atoms with Gasteiger partial charge in [0, 0.05) is 6.42 Å². The highest BCUT2D eigenvalue weighted by atomic mass is 19.1. The summed E-state index contributed by atoms with van der Waals surface area (Å²) in [5.74, 6) is -0.192. The number of aliphatic hydroxyl groups is 1. The van der Waals surface area contributed by atoms with Crippen LogP contribution >= 0.6 is 0 Å². The summed E-state index contributed by atoms with van der Waals surface area (Å²) in [5, 5.41) is 9.70. The fourth-order valence-electron chi connectivity index (χ4n) is 1.66. The molecule has 1 fully saturated rings. The first-order chi connectivity index (χ1) is 6.63. The standard InChI is InChI=1S/C12H15FO/c1-2-9-3-4-11(13)10(7-9)8-12(14)5-6-12/h3-4,7,14H,2,5-6,8H2,1H3. The highest BCUT2D eigenvalue weighted by molar-refractivity contribution is 5.27. The predicted octanol–water partition coefficient (Wildman–Crippen LogP) is 2.46. The van der Waals surface area contributed by atoms with Crippen molar-refractivity contribution < 1.29 is 9.50 Å². The number of rotatable bonds is 3. The average Bonchev–Trinajstić information content (AvgIpc) is 2.88. The van der Waals surface area contributed by atoms with Gasteiger partial charge in [-0.2, -0.15) is 0 Å². The van der Waals surface area contributed by atoms with Gasteiger partial charge in [-0.15, -0.1) is 0 Å². The summed E-state index contributed by atoms with van der Waals surface area (Å²) in [6, 6.07) is 5.17. The molecule has 0 atom stereocenters. The first-order valence-corrected chi connectivity index (χ1v) is 5.13. The molecule has 2 rings (SSSR count). The Kier molecular flexibility index (Phi) is 2.31. The molecule has 0 radical (unpaired) electrons. The number of hydrogen-bond donors (Lipinski definition) is 1. The van der Waals surface area contributed by atoms with Gasteiger partial charge in [0.1, 0.15) is 5.82 Å². The molecular weight excluding hydrogens is 179 g/mol. The van der Waals surface area contributed by atoms with Crippen molar-refractivity contribution in [2.75, 3.05) is 0 Å². The number of benzene rings is 1. The van der Waals surface area contributed by atoms with Gasteiger partial charge in [0.15, 0.2) is 0 Å². The van der Waals surface area contributed by atoms with E-state index >= 15 is 0 Å². The lowest BCUT2D eigenvalue weighted by Crippen LogP contribution is -2.12. The van der Waals surface area contributed by atoms with E-state index in [1.165, 1.54) is 6.07 Å². The topological polar surface area (TPSA) is 20.2 Å².